The van der Waals surface area contributed by atoms with Crippen LogP contribution in [0, 0.1) is 5.82 Å². The summed E-state index contributed by atoms with van der Waals surface area (Å²) >= 11 is 0. The van der Waals surface area contributed by atoms with Gasteiger partial charge < -0.3 is 21.3 Å². The fourth-order valence-corrected chi connectivity index (χ4v) is 3.47. The highest BCUT2D eigenvalue weighted by Gasteiger charge is 2.45. The van der Waals surface area contributed by atoms with Crippen molar-refractivity contribution in [3.63, 3.8) is 0 Å². The van der Waals surface area contributed by atoms with Gasteiger partial charge in [-0.05, 0) is 62.9 Å². The van der Waals surface area contributed by atoms with E-state index in [1.54, 1.807) is 6.07 Å². The Labute approximate surface area is 206 Å². The maximum atomic E-state index is 14.2. The molecule has 6 nitrogen and oxygen atoms in total. The lowest BCUT2D eigenvalue weighted by atomic mass is 9.95. The number of anilines is 1. The van der Waals surface area contributed by atoms with Crippen molar-refractivity contribution in [1.29, 1.82) is 0 Å². The summed E-state index contributed by atoms with van der Waals surface area (Å²) in [4.78, 5) is 16.5. The van der Waals surface area contributed by atoms with Crippen LogP contribution in [0.15, 0.2) is 53.5 Å². The molecule has 1 saturated carbocycles. The topological polar surface area (TPSA) is 77.5 Å². The van der Waals surface area contributed by atoms with Crippen molar-refractivity contribution in [2.24, 2.45) is 4.99 Å². The zero-order valence-corrected chi connectivity index (χ0v) is 21.2. The number of hydrogen-bond donors (Lipinski definition) is 4. The van der Waals surface area contributed by atoms with Crippen molar-refractivity contribution >= 4 is 41.7 Å². The molecule has 0 radical (unpaired) electrons. The number of nitrogens with zero attached hydrogens (tertiary/aromatic N) is 1. The van der Waals surface area contributed by atoms with Gasteiger partial charge in [-0.2, -0.15) is 0 Å². The molecular weight excluding hydrogens is 520 g/mol. The van der Waals surface area contributed by atoms with Crippen LogP contribution < -0.4 is 21.3 Å². The van der Waals surface area contributed by atoms with Crippen LogP contribution in [0.25, 0.3) is 0 Å². The number of hydrogen-bond acceptors (Lipinski definition) is 2. The highest BCUT2D eigenvalue weighted by Crippen LogP contribution is 2.48. The standard InChI is InChI=1S/C24H32FN5O.HI/c1-4-26-22(28-16-24(13-14-24)20-7-5-6-8-21(20)25)27-15-18-9-11-19(12-10-18)30-23(31)29-17(2)3;/h5-12,17H,4,13-16H2,1-3H3,(H2,26,27,28)(H2,29,30,31);1H. The SMILES string of the molecule is CCNC(=NCc1ccc(NC(=O)NC(C)C)cc1)NCC1(c2ccccc2F)CC1.I. The first kappa shape index (κ1) is 25.9. The van der Waals surface area contributed by atoms with Crippen LogP contribution in [0.1, 0.15) is 44.7 Å². The first-order valence-corrected chi connectivity index (χ1v) is 10.9. The van der Waals surface area contributed by atoms with E-state index in [2.05, 4.69) is 26.3 Å². The number of carbonyl (C=O) groups is 1. The number of benzene rings is 2. The van der Waals surface area contributed by atoms with E-state index in [0.717, 1.165) is 36.2 Å². The first-order chi connectivity index (χ1) is 14.9. The van der Waals surface area contributed by atoms with Crippen molar-refractivity contribution in [3.05, 3.63) is 65.5 Å². The second-order valence-electron chi connectivity index (χ2n) is 8.26. The summed E-state index contributed by atoms with van der Waals surface area (Å²) in [5.41, 5.74) is 2.40. The number of urea groups is 1. The fraction of sp³-hybridized carbons (Fsp3) is 0.417. The summed E-state index contributed by atoms with van der Waals surface area (Å²) in [6.45, 7) is 7.74. The minimum absolute atomic E-state index is 0. The molecule has 0 atom stereocenters. The van der Waals surface area contributed by atoms with Gasteiger partial charge in [-0.25, -0.2) is 14.2 Å². The zero-order valence-electron chi connectivity index (χ0n) is 18.9. The molecule has 0 heterocycles. The summed E-state index contributed by atoms with van der Waals surface area (Å²) in [6, 6.07) is 14.5. The molecule has 3 rings (SSSR count). The molecule has 0 bridgehead atoms. The average molecular weight is 553 g/mol. The van der Waals surface area contributed by atoms with Crippen molar-refractivity contribution in [2.75, 3.05) is 18.4 Å². The van der Waals surface area contributed by atoms with Crippen LogP contribution in [0.4, 0.5) is 14.9 Å². The molecule has 0 unspecified atom stereocenters. The predicted molar refractivity (Wildman–Crippen MR) is 139 cm³/mol. The predicted octanol–water partition coefficient (Wildman–Crippen LogP) is 4.76. The van der Waals surface area contributed by atoms with Gasteiger partial charge in [0.05, 0.1) is 6.54 Å². The van der Waals surface area contributed by atoms with E-state index in [-0.39, 0.29) is 47.3 Å². The number of halogens is 2. The van der Waals surface area contributed by atoms with Gasteiger partial charge in [0.25, 0.3) is 0 Å². The summed E-state index contributed by atoms with van der Waals surface area (Å²) in [6.07, 6.45) is 1.94. The normalized spacial score (nSPS) is 14.3. The van der Waals surface area contributed by atoms with Crippen LogP contribution in [0.3, 0.4) is 0 Å². The monoisotopic (exact) mass is 553 g/mol. The molecule has 1 aliphatic rings. The van der Waals surface area contributed by atoms with Crippen LogP contribution in [-0.2, 0) is 12.0 Å². The van der Waals surface area contributed by atoms with Gasteiger partial charge in [-0.1, -0.05) is 30.3 Å². The Morgan fingerprint density at radius 2 is 1.78 bits per heavy atom. The molecule has 4 N–H and O–H groups in total. The lowest BCUT2D eigenvalue weighted by Crippen LogP contribution is -2.41. The molecular formula is C24H33FIN5O. The molecule has 2 aromatic carbocycles. The smallest absolute Gasteiger partial charge is 0.319 e. The van der Waals surface area contributed by atoms with Gasteiger partial charge in [-0.3, -0.25) is 0 Å². The molecule has 0 aromatic heterocycles. The third-order valence-electron chi connectivity index (χ3n) is 5.29. The number of rotatable bonds is 8. The molecule has 0 saturated heterocycles. The minimum atomic E-state index is -0.219. The van der Waals surface area contributed by atoms with Crippen LogP contribution in [-0.4, -0.2) is 31.1 Å². The van der Waals surface area contributed by atoms with Crippen LogP contribution in [0.2, 0.25) is 0 Å². The number of amides is 2. The summed E-state index contributed by atoms with van der Waals surface area (Å²) < 4.78 is 14.2. The van der Waals surface area contributed by atoms with Crippen molar-refractivity contribution in [3.8, 4) is 0 Å². The molecule has 0 spiro atoms. The maximum absolute atomic E-state index is 14.2. The summed E-state index contributed by atoms with van der Waals surface area (Å²) in [7, 11) is 0. The molecule has 2 amide bonds. The van der Waals surface area contributed by atoms with E-state index in [1.807, 2.05) is 57.2 Å². The summed E-state index contributed by atoms with van der Waals surface area (Å²) in [5, 5.41) is 12.2. The number of carbonyl (C=O) groups excluding carboxylic acids is 1. The van der Waals surface area contributed by atoms with Gasteiger partial charge in [0.1, 0.15) is 5.82 Å². The molecule has 0 aliphatic heterocycles. The molecule has 2 aromatic rings. The van der Waals surface area contributed by atoms with Gasteiger partial charge >= 0.3 is 6.03 Å². The fourth-order valence-electron chi connectivity index (χ4n) is 3.47. The van der Waals surface area contributed by atoms with E-state index < -0.39 is 0 Å². The molecule has 1 fully saturated rings. The third kappa shape index (κ3) is 7.36. The minimum Gasteiger partial charge on any atom is -0.357 e. The van der Waals surface area contributed by atoms with Crippen molar-refractivity contribution in [2.45, 2.75) is 51.6 Å². The highest BCUT2D eigenvalue weighted by atomic mass is 127. The lowest BCUT2D eigenvalue weighted by Gasteiger charge is -2.19. The van der Waals surface area contributed by atoms with E-state index in [0.29, 0.717) is 19.0 Å². The second kappa shape index (κ2) is 12.0. The highest BCUT2D eigenvalue weighted by molar-refractivity contribution is 14.0. The van der Waals surface area contributed by atoms with Gasteiger partial charge in [0, 0.05) is 30.2 Å². The van der Waals surface area contributed by atoms with Crippen molar-refractivity contribution in [1.82, 2.24) is 16.0 Å². The van der Waals surface area contributed by atoms with E-state index >= 15 is 0 Å². The maximum Gasteiger partial charge on any atom is 0.319 e. The van der Waals surface area contributed by atoms with Crippen molar-refractivity contribution < 1.29 is 9.18 Å². The van der Waals surface area contributed by atoms with Gasteiger partial charge in [-0.15, -0.1) is 24.0 Å². The number of nitrogens with one attached hydrogen (secondary N) is 4. The Kier molecular flexibility index (Phi) is 9.74. The second-order valence-corrected chi connectivity index (χ2v) is 8.26. The quantitative estimate of drug-likeness (QED) is 0.216. The summed E-state index contributed by atoms with van der Waals surface area (Å²) in [5.74, 6) is 0.572. The lowest BCUT2D eigenvalue weighted by molar-refractivity contribution is 0.250. The molecule has 8 heteroatoms. The van der Waals surface area contributed by atoms with Gasteiger partial charge in [0.2, 0.25) is 0 Å². The van der Waals surface area contributed by atoms with E-state index in [9.17, 15) is 9.18 Å². The number of aliphatic imine (C=N–C) groups is 1. The van der Waals surface area contributed by atoms with Gasteiger partial charge in [0.15, 0.2) is 5.96 Å². The third-order valence-corrected chi connectivity index (χ3v) is 5.29. The Morgan fingerprint density at radius 3 is 2.38 bits per heavy atom. The number of guanidine groups is 1. The first-order valence-electron chi connectivity index (χ1n) is 10.9. The van der Waals surface area contributed by atoms with E-state index in [4.69, 9.17) is 0 Å². The van der Waals surface area contributed by atoms with E-state index in [1.165, 1.54) is 6.07 Å². The molecule has 32 heavy (non-hydrogen) atoms. The van der Waals surface area contributed by atoms with Crippen LogP contribution in [0.5, 0.6) is 0 Å². The Balaban J connectivity index is 0.00000363. The Hall–Kier alpha value is -2.36. The average Bonchev–Trinajstić information content (AvgIpc) is 3.52. The largest absolute Gasteiger partial charge is 0.357 e. The van der Waals surface area contributed by atoms with Crippen LogP contribution >= 0.6 is 24.0 Å². The Bertz CT molecular complexity index is 913. The molecule has 174 valence electrons. The Morgan fingerprint density at radius 1 is 1.09 bits per heavy atom. The zero-order chi connectivity index (χ0) is 22.3. The molecule has 1 aliphatic carbocycles.